The average molecular weight is 263 g/mol. The van der Waals surface area contributed by atoms with Crippen LogP contribution in [0.15, 0.2) is 4.52 Å². The zero-order chi connectivity index (χ0) is 12.7. The minimum Gasteiger partial charge on any atom is -0.339 e. The normalized spacial score (nSPS) is 26.5. The summed E-state index contributed by atoms with van der Waals surface area (Å²) in [6, 6.07) is 0.772. The van der Waals surface area contributed by atoms with E-state index in [0.29, 0.717) is 5.92 Å². The van der Waals surface area contributed by atoms with Crippen LogP contribution in [0.5, 0.6) is 0 Å². The number of nitrogens with one attached hydrogen (secondary N) is 1. The Bertz CT molecular complexity index is 432. The Balaban J connectivity index is 1.28. The second-order valence-corrected chi connectivity index (χ2v) is 5.95. The highest BCUT2D eigenvalue weighted by Gasteiger charge is 2.31. The predicted molar refractivity (Wildman–Crippen MR) is 69.8 cm³/mol. The molecule has 0 spiro atoms. The second kappa shape index (κ2) is 4.85. The number of aromatic nitrogens is 2. The van der Waals surface area contributed by atoms with Crippen molar-refractivity contribution in [1.82, 2.24) is 25.3 Å². The van der Waals surface area contributed by atoms with Gasteiger partial charge < -0.3 is 9.84 Å². The topological polar surface area (TPSA) is 57.4 Å². The third-order valence-corrected chi connectivity index (χ3v) is 4.46. The predicted octanol–water partition coefficient (Wildman–Crippen LogP) is 0.0364. The van der Waals surface area contributed by atoms with Crippen LogP contribution < -0.4 is 5.32 Å². The van der Waals surface area contributed by atoms with Crippen molar-refractivity contribution in [2.75, 3.05) is 39.3 Å². The first-order chi connectivity index (χ1) is 9.38. The maximum absolute atomic E-state index is 5.31. The molecule has 1 aliphatic carbocycles. The molecule has 1 aromatic rings. The van der Waals surface area contributed by atoms with Crippen LogP contribution in [0, 0.1) is 0 Å². The Kier molecular flexibility index (Phi) is 3.01. The molecule has 0 unspecified atom stereocenters. The molecule has 3 aliphatic rings. The maximum Gasteiger partial charge on any atom is 0.229 e. The van der Waals surface area contributed by atoms with Crippen molar-refractivity contribution in [2.24, 2.45) is 0 Å². The summed E-state index contributed by atoms with van der Waals surface area (Å²) in [5.41, 5.74) is 0. The molecule has 0 atom stereocenters. The van der Waals surface area contributed by atoms with Gasteiger partial charge in [-0.3, -0.25) is 9.80 Å². The van der Waals surface area contributed by atoms with E-state index >= 15 is 0 Å². The van der Waals surface area contributed by atoms with E-state index in [-0.39, 0.29) is 0 Å². The van der Waals surface area contributed by atoms with E-state index in [4.69, 9.17) is 4.52 Å². The molecule has 104 valence electrons. The highest BCUT2D eigenvalue weighted by molar-refractivity contribution is 5.01. The Labute approximate surface area is 113 Å². The van der Waals surface area contributed by atoms with Crippen LogP contribution in [0.1, 0.15) is 30.5 Å². The third kappa shape index (κ3) is 2.52. The van der Waals surface area contributed by atoms with Crippen LogP contribution in [0.2, 0.25) is 0 Å². The van der Waals surface area contributed by atoms with Gasteiger partial charge in [0.25, 0.3) is 0 Å². The molecule has 1 aromatic heterocycles. The Morgan fingerprint density at radius 1 is 1.16 bits per heavy atom. The van der Waals surface area contributed by atoms with Gasteiger partial charge in [0.05, 0.1) is 6.54 Å². The van der Waals surface area contributed by atoms with E-state index < -0.39 is 0 Å². The molecule has 6 nitrogen and oxygen atoms in total. The minimum atomic E-state index is 0.559. The Morgan fingerprint density at radius 2 is 1.95 bits per heavy atom. The number of hydrogen-bond acceptors (Lipinski definition) is 6. The fraction of sp³-hybridized carbons (Fsp3) is 0.846. The highest BCUT2D eigenvalue weighted by atomic mass is 16.5. The van der Waals surface area contributed by atoms with Gasteiger partial charge in [-0.15, -0.1) is 0 Å². The molecule has 6 heteroatoms. The largest absolute Gasteiger partial charge is 0.339 e. The van der Waals surface area contributed by atoms with Crippen LogP contribution in [0.25, 0.3) is 0 Å². The van der Waals surface area contributed by atoms with Crippen molar-refractivity contribution >= 4 is 0 Å². The first-order valence-electron chi connectivity index (χ1n) is 7.38. The molecule has 0 radical (unpaired) electrons. The first kappa shape index (κ1) is 11.8. The van der Waals surface area contributed by atoms with Crippen molar-refractivity contribution in [3.05, 3.63) is 11.7 Å². The van der Waals surface area contributed by atoms with Crippen molar-refractivity contribution in [3.63, 3.8) is 0 Å². The molecular weight excluding hydrogens is 242 g/mol. The fourth-order valence-electron chi connectivity index (χ4n) is 2.85. The molecular formula is C13H21N5O. The molecule has 1 saturated carbocycles. The Morgan fingerprint density at radius 3 is 2.58 bits per heavy atom. The van der Waals surface area contributed by atoms with Crippen molar-refractivity contribution in [3.8, 4) is 0 Å². The van der Waals surface area contributed by atoms with E-state index in [0.717, 1.165) is 50.5 Å². The van der Waals surface area contributed by atoms with Crippen LogP contribution in [-0.4, -0.2) is 65.3 Å². The van der Waals surface area contributed by atoms with Gasteiger partial charge in [0.1, 0.15) is 0 Å². The molecule has 0 bridgehead atoms. The van der Waals surface area contributed by atoms with E-state index in [1.807, 2.05) is 0 Å². The zero-order valence-electron chi connectivity index (χ0n) is 11.2. The SMILES string of the molecule is C1CC1c1nc(CN2CCN(C3CNC3)CC2)no1. The number of piperazine rings is 1. The number of hydrogen-bond donors (Lipinski definition) is 1. The van der Waals surface area contributed by atoms with Gasteiger partial charge in [-0.1, -0.05) is 5.16 Å². The molecule has 0 amide bonds. The average Bonchev–Trinajstić information content (AvgIpc) is 3.11. The molecule has 3 fully saturated rings. The van der Waals surface area contributed by atoms with Gasteiger partial charge in [0.2, 0.25) is 5.89 Å². The van der Waals surface area contributed by atoms with E-state index in [1.54, 1.807) is 0 Å². The molecule has 3 heterocycles. The summed E-state index contributed by atoms with van der Waals surface area (Å²) < 4.78 is 5.31. The highest BCUT2D eigenvalue weighted by Crippen LogP contribution is 2.38. The first-order valence-corrected chi connectivity index (χ1v) is 7.38. The fourth-order valence-corrected chi connectivity index (χ4v) is 2.85. The van der Waals surface area contributed by atoms with E-state index in [2.05, 4.69) is 25.3 Å². The molecule has 0 aromatic carbocycles. The zero-order valence-corrected chi connectivity index (χ0v) is 11.2. The lowest BCUT2D eigenvalue weighted by Gasteiger charge is -2.43. The van der Waals surface area contributed by atoms with Gasteiger partial charge >= 0.3 is 0 Å². The summed E-state index contributed by atoms with van der Waals surface area (Å²) >= 11 is 0. The van der Waals surface area contributed by atoms with Crippen LogP contribution in [-0.2, 0) is 6.54 Å². The number of rotatable bonds is 4. The summed E-state index contributed by atoms with van der Waals surface area (Å²) in [7, 11) is 0. The van der Waals surface area contributed by atoms with Gasteiger partial charge in [0, 0.05) is 51.2 Å². The Hall–Kier alpha value is -0.980. The van der Waals surface area contributed by atoms with Gasteiger partial charge in [-0.2, -0.15) is 4.98 Å². The monoisotopic (exact) mass is 263 g/mol. The van der Waals surface area contributed by atoms with Crippen molar-refractivity contribution < 1.29 is 4.52 Å². The smallest absolute Gasteiger partial charge is 0.229 e. The lowest BCUT2D eigenvalue weighted by Crippen LogP contribution is -2.61. The maximum atomic E-state index is 5.31. The van der Waals surface area contributed by atoms with Crippen molar-refractivity contribution in [1.29, 1.82) is 0 Å². The van der Waals surface area contributed by atoms with E-state index in [1.165, 1.54) is 25.9 Å². The molecule has 1 N–H and O–H groups in total. The molecule has 2 saturated heterocycles. The minimum absolute atomic E-state index is 0.559. The second-order valence-electron chi connectivity index (χ2n) is 5.95. The summed E-state index contributed by atoms with van der Waals surface area (Å²) in [6.45, 7) is 7.73. The van der Waals surface area contributed by atoms with Gasteiger partial charge in [0.15, 0.2) is 5.82 Å². The van der Waals surface area contributed by atoms with Crippen LogP contribution in [0.3, 0.4) is 0 Å². The molecule has 19 heavy (non-hydrogen) atoms. The molecule has 2 aliphatic heterocycles. The van der Waals surface area contributed by atoms with E-state index in [9.17, 15) is 0 Å². The van der Waals surface area contributed by atoms with Crippen molar-refractivity contribution in [2.45, 2.75) is 31.3 Å². The van der Waals surface area contributed by atoms with Gasteiger partial charge in [-0.25, -0.2) is 0 Å². The summed E-state index contributed by atoms with van der Waals surface area (Å²) in [5.74, 6) is 2.28. The van der Waals surface area contributed by atoms with Crippen LogP contribution in [0.4, 0.5) is 0 Å². The lowest BCUT2D eigenvalue weighted by atomic mass is 10.1. The molecule has 4 rings (SSSR count). The van der Waals surface area contributed by atoms with Gasteiger partial charge in [-0.05, 0) is 12.8 Å². The quantitative estimate of drug-likeness (QED) is 0.827. The summed E-state index contributed by atoms with van der Waals surface area (Å²) in [4.78, 5) is 9.54. The summed E-state index contributed by atoms with van der Waals surface area (Å²) in [6.07, 6.45) is 2.44. The standard InChI is InChI=1S/C13H21N5O/c1-2-10(1)13-15-12(16-19-13)9-17-3-5-18(6-4-17)11-7-14-8-11/h10-11,14H,1-9H2. The van der Waals surface area contributed by atoms with Crippen LogP contribution >= 0.6 is 0 Å². The lowest BCUT2D eigenvalue weighted by molar-refractivity contribution is 0.0681. The summed E-state index contributed by atoms with van der Waals surface area (Å²) in [5, 5.41) is 7.44. The third-order valence-electron chi connectivity index (χ3n) is 4.46. The number of nitrogens with zero attached hydrogens (tertiary/aromatic N) is 4.